The minimum absolute atomic E-state index is 0.0660. The van der Waals surface area contributed by atoms with Crippen LogP contribution in [0.15, 0.2) is 29.9 Å². The van der Waals surface area contributed by atoms with E-state index in [-0.39, 0.29) is 5.91 Å². The van der Waals surface area contributed by atoms with E-state index in [1.807, 2.05) is 12.1 Å². The van der Waals surface area contributed by atoms with Crippen LogP contribution in [-0.4, -0.2) is 41.4 Å². The fourth-order valence-electron chi connectivity index (χ4n) is 3.08. The van der Waals surface area contributed by atoms with Gasteiger partial charge in [-0.2, -0.15) is 0 Å². The molecule has 1 unspecified atom stereocenters. The van der Waals surface area contributed by atoms with Gasteiger partial charge in [-0.3, -0.25) is 14.6 Å². The van der Waals surface area contributed by atoms with Crippen LogP contribution in [0, 0.1) is 5.92 Å². The summed E-state index contributed by atoms with van der Waals surface area (Å²) in [6.07, 6.45) is 6.81. The van der Waals surface area contributed by atoms with Gasteiger partial charge in [-0.15, -0.1) is 11.3 Å². The quantitative estimate of drug-likeness (QED) is 0.768. The molecule has 1 saturated heterocycles. The zero-order valence-corrected chi connectivity index (χ0v) is 15.4. The minimum Gasteiger partial charge on any atom is -0.364 e. The summed E-state index contributed by atoms with van der Waals surface area (Å²) in [5, 5.41) is 5.56. The number of pyridine rings is 1. The molecule has 1 atom stereocenters. The lowest BCUT2D eigenvalue weighted by molar-refractivity contribution is -0.121. The first-order chi connectivity index (χ1) is 12.6. The number of hydrogen-bond acceptors (Lipinski definition) is 6. The fraction of sp³-hybridized carbons (Fsp3) is 0.444. The van der Waals surface area contributed by atoms with E-state index in [1.54, 1.807) is 17.8 Å². The third-order valence-corrected chi connectivity index (χ3v) is 5.39. The van der Waals surface area contributed by atoms with Gasteiger partial charge in [0.2, 0.25) is 5.91 Å². The van der Waals surface area contributed by atoms with Crippen LogP contribution in [0.4, 0.5) is 5.13 Å². The maximum Gasteiger partial charge on any atom is 0.268 e. The van der Waals surface area contributed by atoms with Crippen LogP contribution in [0.3, 0.4) is 0 Å². The maximum absolute atomic E-state index is 12.1. The van der Waals surface area contributed by atoms with E-state index in [1.165, 1.54) is 11.3 Å². The van der Waals surface area contributed by atoms with Crippen LogP contribution in [-0.2, 0) is 11.2 Å². The van der Waals surface area contributed by atoms with E-state index in [9.17, 15) is 9.59 Å². The van der Waals surface area contributed by atoms with Crippen molar-refractivity contribution in [1.82, 2.24) is 15.3 Å². The molecular weight excluding hydrogens is 350 g/mol. The lowest BCUT2D eigenvalue weighted by atomic mass is 9.98. The molecule has 0 aromatic carbocycles. The summed E-state index contributed by atoms with van der Waals surface area (Å²) in [5.41, 5.74) is 6.66. The number of primary amides is 1. The Morgan fingerprint density at radius 3 is 3.04 bits per heavy atom. The second-order valence-corrected chi connectivity index (χ2v) is 7.34. The number of nitrogens with zero attached hydrogens (tertiary/aromatic N) is 3. The molecule has 1 aliphatic rings. The number of thiazole rings is 1. The second-order valence-electron chi connectivity index (χ2n) is 6.50. The van der Waals surface area contributed by atoms with Gasteiger partial charge in [0.15, 0.2) is 5.13 Å². The highest BCUT2D eigenvalue weighted by molar-refractivity contribution is 7.13. The molecule has 2 amide bonds. The number of nitrogens with two attached hydrogens (primary N) is 1. The molecule has 2 aromatic heterocycles. The van der Waals surface area contributed by atoms with Gasteiger partial charge < -0.3 is 16.0 Å². The van der Waals surface area contributed by atoms with E-state index in [0.717, 1.165) is 36.6 Å². The molecule has 138 valence electrons. The summed E-state index contributed by atoms with van der Waals surface area (Å²) in [7, 11) is 0. The van der Waals surface area contributed by atoms with Gasteiger partial charge >= 0.3 is 0 Å². The predicted octanol–water partition coefficient (Wildman–Crippen LogP) is 1.60. The second kappa shape index (κ2) is 8.75. The summed E-state index contributed by atoms with van der Waals surface area (Å²) in [6.45, 7) is 2.40. The molecule has 0 radical (unpaired) electrons. The highest BCUT2D eigenvalue weighted by Gasteiger charge is 2.23. The number of piperidine rings is 1. The SMILES string of the molecule is NC(=O)c1csc(N2CCCC(CNC(=O)CCc3cccnc3)C2)n1. The van der Waals surface area contributed by atoms with Gasteiger partial charge in [0.05, 0.1) is 0 Å². The number of aryl methyl sites for hydroxylation is 1. The van der Waals surface area contributed by atoms with Crippen molar-refractivity contribution in [3.8, 4) is 0 Å². The number of carbonyl (C=O) groups is 2. The van der Waals surface area contributed by atoms with Crippen molar-refractivity contribution in [3.63, 3.8) is 0 Å². The van der Waals surface area contributed by atoms with Crippen LogP contribution in [0.2, 0.25) is 0 Å². The van der Waals surface area contributed by atoms with Gasteiger partial charge in [0.25, 0.3) is 5.91 Å². The fourth-order valence-corrected chi connectivity index (χ4v) is 3.93. The number of hydrogen-bond donors (Lipinski definition) is 2. The van der Waals surface area contributed by atoms with Gasteiger partial charge in [0, 0.05) is 43.8 Å². The van der Waals surface area contributed by atoms with E-state index >= 15 is 0 Å². The van der Waals surface area contributed by atoms with Crippen molar-refractivity contribution in [1.29, 1.82) is 0 Å². The molecule has 0 spiro atoms. The molecule has 3 heterocycles. The number of aromatic nitrogens is 2. The normalized spacial score (nSPS) is 17.1. The molecule has 1 aliphatic heterocycles. The van der Waals surface area contributed by atoms with Crippen LogP contribution >= 0.6 is 11.3 Å². The molecule has 0 bridgehead atoms. The number of anilines is 1. The maximum atomic E-state index is 12.1. The Kier molecular flexibility index (Phi) is 6.17. The zero-order chi connectivity index (χ0) is 18.4. The number of amides is 2. The first-order valence-corrected chi connectivity index (χ1v) is 9.65. The summed E-state index contributed by atoms with van der Waals surface area (Å²) < 4.78 is 0. The van der Waals surface area contributed by atoms with Crippen molar-refractivity contribution in [2.75, 3.05) is 24.5 Å². The Bertz CT molecular complexity index is 749. The molecule has 1 fully saturated rings. The van der Waals surface area contributed by atoms with Crippen LogP contribution < -0.4 is 16.0 Å². The zero-order valence-electron chi connectivity index (χ0n) is 14.6. The van der Waals surface area contributed by atoms with Crippen LogP contribution in [0.25, 0.3) is 0 Å². The first-order valence-electron chi connectivity index (χ1n) is 8.77. The topological polar surface area (TPSA) is 101 Å². The summed E-state index contributed by atoms with van der Waals surface area (Å²) >= 11 is 1.44. The predicted molar refractivity (Wildman–Crippen MR) is 101 cm³/mol. The minimum atomic E-state index is -0.498. The van der Waals surface area contributed by atoms with Crippen molar-refractivity contribution in [2.45, 2.75) is 25.7 Å². The number of carbonyl (C=O) groups excluding carboxylic acids is 2. The van der Waals surface area contributed by atoms with Crippen molar-refractivity contribution in [3.05, 3.63) is 41.2 Å². The Morgan fingerprint density at radius 1 is 1.42 bits per heavy atom. The summed E-state index contributed by atoms with van der Waals surface area (Å²) in [5.74, 6) is -0.0507. The first kappa shape index (κ1) is 18.3. The Labute approximate surface area is 156 Å². The molecule has 8 heteroatoms. The molecular formula is C18H23N5O2S. The van der Waals surface area contributed by atoms with E-state index in [0.29, 0.717) is 31.0 Å². The Balaban J connectivity index is 1.44. The lowest BCUT2D eigenvalue weighted by Crippen LogP contribution is -2.41. The molecule has 7 nitrogen and oxygen atoms in total. The van der Waals surface area contributed by atoms with Gasteiger partial charge in [-0.25, -0.2) is 4.98 Å². The van der Waals surface area contributed by atoms with Gasteiger partial charge in [-0.05, 0) is 36.8 Å². The molecule has 3 rings (SSSR count). The molecule has 3 N–H and O–H groups in total. The molecule has 26 heavy (non-hydrogen) atoms. The van der Waals surface area contributed by atoms with E-state index in [2.05, 4.69) is 20.2 Å². The monoisotopic (exact) mass is 373 g/mol. The average Bonchev–Trinajstić information content (AvgIpc) is 3.16. The summed E-state index contributed by atoms with van der Waals surface area (Å²) in [6, 6.07) is 3.86. The average molecular weight is 373 g/mol. The van der Waals surface area contributed by atoms with E-state index in [4.69, 9.17) is 5.73 Å². The third-order valence-electron chi connectivity index (χ3n) is 4.49. The largest absolute Gasteiger partial charge is 0.364 e. The number of rotatable bonds is 7. The highest BCUT2D eigenvalue weighted by atomic mass is 32.1. The Morgan fingerprint density at radius 2 is 2.31 bits per heavy atom. The third kappa shape index (κ3) is 5.01. The smallest absolute Gasteiger partial charge is 0.268 e. The lowest BCUT2D eigenvalue weighted by Gasteiger charge is -2.32. The van der Waals surface area contributed by atoms with Crippen molar-refractivity contribution >= 4 is 28.3 Å². The van der Waals surface area contributed by atoms with Crippen molar-refractivity contribution in [2.24, 2.45) is 11.7 Å². The van der Waals surface area contributed by atoms with Gasteiger partial charge in [0.1, 0.15) is 5.69 Å². The summed E-state index contributed by atoms with van der Waals surface area (Å²) in [4.78, 5) is 33.8. The standard InChI is InChI=1S/C18H23N5O2S/c19-17(25)15-12-26-18(22-15)23-8-2-4-14(11-23)10-21-16(24)6-5-13-3-1-7-20-9-13/h1,3,7,9,12,14H,2,4-6,8,10-11H2,(H2,19,25)(H,21,24). The molecule has 2 aromatic rings. The molecule has 0 aliphatic carbocycles. The number of nitrogens with one attached hydrogen (secondary N) is 1. The van der Waals surface area contributed by atoms with Gasteiger partial charge in [-0.1, -0.05) is 6.07 Å². The van der Waals surface area contributed by atoms with Crippen LogP contribution in [0.5, 0.6) is 0 Å². The van der Waals surface area contributed by atoms with Crippen molar-refractivity contribution < 1.29 is 9.59 Å². The Hall–Kier alpha value is -2.48. The highest BCUT2D eigenvalue weighted by Crippen LogP contribution is 2.26. The molecule has 0 saturated carbocycles. The van der Waals surface area contributed by atoms with Crippen LogP contribution in [0.1, 0.15) is 35.3 Å². The van der Waals surface area contributed by atoms with E-state index < -0.39 is 5.91 Å².